The highest BCUT2D eigenvalue weighted by atomic mass is 16.4. The van der Waals surface area contributed by atoms with Crippen LogP contribution in [0.1, 0.15) is 31.9 Å². The highest BCUT2D eigenvalue weighted by Gasteiger charge is 2.17. The third-order valence-corrected chi connectivity index (χ3v) is 2.40. The maximum Gasteiger partial charge on any atom is 0.326 e. The zero-order valence-electron chi connectivity index (χ0n) is 10.3. The predicted molar refractivity (Wildman–Crippen MR) is 66.8 cm³/mol. The van der Waals surface area contributed by atoms with Crippen LogP contribution in [0, 0.1) is 0 Å². The smallest absolute Gasteiger partial charge is 0.326 e. The number of carboxylic acid groups (broad SMARTS) is 1. The zero-order chi connectivity index (χ0) is 13.4. The number of rotatable bonds is 7. The Morgan fingerprint density at radius 2 is 2.33 bits per heavy atom. The van der Waals surface area contributed by atoms with Crippen LogP contribution in [-0.4, -0.2) is 23.0 Å². The molecule has 1 amide bonds. The number of unbranched alkanes of at least 4 members (excludes halogenated alkanes) is 1. The molecule has 0 unspecified atom stereocenters. The summed E-state index contributed by atoms with van der Waals surface area (Å²) in [5, 5.41) is 11.4. The SMILES string of the molecule is CCCC[C@H](NC(=O)/C=C/c1ccco1)C(=O)O. The van der Waals surface area contributed by atoms with E-state index >= 15 is 0 Å². The molecule has 1 aromatic rings. The van der Waals surface area contributed by atoms with Gasteiger partial charge in [-0.15, -0.1) is 0 Å². The quantitative estimate of drug-likeness (QED) is 0.727. The van der Waals surface area contributed by atoms with Crippen LogP contribution >= 0.6 is 0 Å². The van der Waals surface area contributed by atoms with Gasteiger partial charge in [-0.25, -0.2) is 4.79 Å². The van der Waals surface area contributed by atoms with E-state index in [9.17, 15) is 9.59 Å². The lowest BCUT2D eigenvalue weighted by molar-refractivity contribution is -0.141. The number of carboxylic acids is 1. The molecule has 1 rings (SSSR count). The van der Waals surface area contributed by atoms with E-state index in [4.69, 9.17) is 9.52 Å². The summed E-state index contributed by atoms with van der Waals surface area (Å²) < 4.78 is 5.02. The fourth-order valence-corrected chi connectivity index (χ4v) is 1.43. The molecule has 0 radical (unpaired) electrons. The summed E-state index contributed by atoms with van der Waals surface area (Å²) in [6.07, 6.45) is 6.35. The Balaban J connectivity index is 2.48. The number of hydrogen-bond acceptors (Lipinski definition) is 3. The third-order valence-electron chi connectivity index (χ3n) is 2.40. The summed E-state index contributed by atoms with van der Waals surface area (Å²) in [6, 6.07) is 2.58. The topological polar surface area (TPSA) is 79.5 Å². The molecule has 0 aromatic carbocycles. The van der Waals surface area contributed by atoms with Crippen molar-refractivity contribution in [1.82, 2.24) is 5.32 Å². The molecule has 5 heteroatoms. The van der Waals surface area contributed by atoms with Crippen molar-refractivity contribution < 1.29 is 19.1 Å². The van der Waals surface area contributed by atoms with Gasteiger partial charge in [0, 0.05) is 6.08 Å². The van der Waals surface area contributed by atoms with Gasteiger partial charge in [-0.05, 0) is 24.6 Å². The zero-order valence-corrected chi connectivity index (χ0v) is 10.3. The standard InChI is InChI=1S/C13H17NO4/c1-2-3-6-11(13(16)17)14-12(15)8-7-10-5-4-9-18-10/h4-5,7-9,11H,2-3,6H2,1H3,(H,14,15)(H,16,17)/b8-7+/t11-/m0/s1. The molecular formula is C13H17NO4. The minimum absolute atomic E-state index is 0.435. The fraction of sp³-hybridized carbons (Fsp3) is 0.385. The van der Waals surface area contributed by atoms with E-state index in [1.807, 2.05) is 6.92 Å². The van der Waals surface area contributed by atoms with E-state index in [2.05, 4.69) is 5.32 Å². The number of hydrogen-bond donors (Lipinski definition) is 2. The van der Waals surface area contributed by atoms with Crippen molar-refractivity contribution in [2.24, 2.45) is 0 Å². The van der Waals surface area contributed by atoms with Gasteiger partial charge in [0.25, 0.3) is 0 Å². The van der Waals surface area contributed by atoms with E-state index in [1.54, 1.807) is 12.1 Å². The van der Waals surface area contributed by atoms with Crippen molar-refractivity contribution in [2.45, 2.75) is 32.2 Å². The molecule has 1 aromatic heterocycles. The first-order valence-electron chi connectivity index (χ1n) is 5.88. The van der Waals surface area contributed by atoms with Crippen LogP contribution in [0.4, 0.5) is 0 Å². The Morgan fingerprint density at radius 3 is 2.89 bits per heavy atom. The molecule has 0 aliphatic rings. The second-order valence-corrected chi connectivity index (χ2v) is 3.89. The minimum atomic E-state index is -1.01. The molecule has 0 bridgehead atoms. The second kappa shape index (κ2) is 7.32. The van der Waals surface area contributed by atoms with E-state index in [-0.39, 0.29) is 0 Å². The molecule has 98 valence electrons. The molecule has 2 N–H and O–H groups in total. The molecule has 0 saturated heterocycles. The fourth-order valence-electron chi connectivity index (χ4n) is 1.43. The van der Waals surface area contributed by atoms with Gasteiger partial charge < -0.3 is 14.8 Å². The van der Waals surface area contributed by atoms with E-state index in [1.165, 1.54) is 18.4 Å². The second-order valence-electron chi connectivity index (χ2n) is 3.89. The van der Waals surface area contributed by atoms with E-state index in [0.29, 0.717) is 12.2 Å². The highest BCUT2D eigenvalue weighted by molar-refractivity contribution is 5.94. The Kier molecular flexibility index (Phi) is 5.70. The van der Waals surface area contributed by atoms with Crippen LogP contribution in [0.15, 0.2) is 28.9 Å². The van der Waals surface area contributed by atoms with E-state index in [0.717, 1.165) is 12.8 Å². The third kappa shape index (κ3) is 4.86. The number of carbonyl (C=O) groups excluding carboxylic acids is 1. The van der Waals surface area contributed by atoms with Crippen LogP contribution in [0.25, 0.3) is 6.08 Å². The van der Waals surface area contributed by atoms with Crippen molar-refractivity contribution in [3.8, 4) is 0 Å². The number of nitrogens with one attached hydrogen (secondary N) is 1. The lowest BCUT2D eigenvalue weighted by atomic mass is 10.1. The average Bonchev–Trinajstić information content (AvgIpc) is 2.84. The number of amides is 1. The molecule has 0 aliphatic carbocycles. The Hall–Kier alpha value is -2.04. The number of aliphatic carboxylic acids is 1. The first kappa shape index (κ1) is 14.0. The lowest BCUT2D eigenvalue weighted by Gasteiger charge is -2.12. The van der Waals surface area contributed by atoms with Crippen LogP contribution in [0.2, 0.25) is 0 Å². The molecule has 0 fully saturated rings. The van der Waals surface area contributed by atoms with Crippen LogP contribution in [0.3, 0.4) is 0 Å². The van der Waals surface area contributed by atoms with Crippen LogP contribution < -0.4 is 5.32 Å². The van der Waals surface area contributed by atoms with Gasteiger partial charge in [-0.1, -0.05) is 19.8 Å². The van der Waals surface area contributed by atoms with Crippen LogP contribution in [-0.2, 0) is 9.59 Å². The van der Waals surface area contributed by atoms with Gasteiger partial charge >= 0.3 is 5.97 Å². The highest BCUT2D eigenvalue weighted by Crippen LogP contribution is 2.03. The molecule has 0 aliphatic heterocycles. The Bertz CT molecular complexity index is 409. The first-order valence-corrected chi connectivity index (χ1v) is 5.88. The van der Waals surface area contributed by atoms with Crippen molar-refractivity contribution in [3.63, 3.8) is 0 Å². The minimum Gasteiger partial charge on any atom is -0.480 e. The molecule has 0 spiro atoms. The van der Waals surface area contributed by atoms with Gasteiger partial charge in [-0.2, -0.15) is 0 Å². The summed E-state index contributed by atoms with van der Waals surface area (Å²) in [7, 11) is 0. The Labute approximate surface area is 105 Å². The van der Waals surface area contributed by atoms with Gasteiger partial charge in [0.1, 0.15) is 11.8 Å². The van der Waals surface area contributed by atoms with Crippen molar-refractivity contribution in [3.05, 3.63) is 30.2 Å². The monoisotopic (exact) mass is 251 g/mol. The van der Waals surface area contributed by atoms with Gasteiger partial charge in [-0.3, -0.25) is 4.79 Å². The maximum absolute atomic E-state index is 11.5. The largest absolute Gasteiger partial charge is 0.480 e. The van der Waals surface area contributed by atoms with Gasteiger partial charge in [0.15, 0.2) is 0 Å². The van der Waals surface area contributed by atoms with E-state index < -0.39 is 17.9 Å². The summed E-state index contributed by atoms with van der Waals surface area (Å²) in [6.45, 7) is 1.97. The molecule has 18 heavy (non-hydrogen) atoms. The van der Waals surface area contributed by atoms with Gasteiger partial charge in [0.2, 0.25) is 5.91 Å². The molecule has 0 saturated carbocycles. The molecule has 1 atom stereocenters. The summed E-state index contributed by atoms with van der Waals surface area (Å²) in [4.78, 5) is 22.4. The maximum atomic E-state index is 11.5. The molecule has 5 nitrogen and oxygen atoms in total. The summed E-state index contributed by atoms with van der Waals surface area (Å²) in [5.74, 6) is -0.899. The molecule has 1 heterocycles. The lowest BCUT2D eigenvalue weighted by Crippen LogP contribution is -2.39. The van der Waals surface area contributed by atoms with Crippen LogP contribution in [0.5, 0.6) is 0 Å². The van der Waals surface area contributed by atoms with Crippen molar-refractivity contribution >= 4 is 18.0 Å². The predicted octanol–water partition coefficient (Wildman–Crippen LogP) is 2.05. The van der Waals surface area contributed by atoms with Crippen molar-refractivity contribution in [2.75, 3.05) is 0 Å². The Morgan fingerprint density at radius 1 is 1.56 bits per heavy atom. The van der Waals surface area contributed by atoms with Crippen molar-refractivity contribution in [1.29, 1.82) is 0 Å². The number of furan rings is 1. The summed E-state index contributed by atoms with van der Waals surface area (Å²) >= 11 is 0. The first-order chi connectivity index (χ1) is 8.63. The molecular weight excluding hydrogens is 234 g/mol. The summed E-state index contributed by atoms with van der Waals surface area (Å²) in [5.41, 5.74) is 0. The van der Waals surface area contributed by atoms with Gasteiger partial charge in [0.05, 0.1) is 6.26 Å². The number of carbonyl (C=O) groups is 2. The normalized spacial score (nSPS) is 12.5. The average molecular weight is 251 g/mol.